The quantitative estimate of drug-likeness (QED) is 0.889. The van der Waals surface area contributed by atoms with Crippen LogP contribution in [0.25, 0.3) is 0 Å². The first-order valence-electron chi connectivity index (χ1n) is 6.62. The number of amides is 1. The van der Waals surface area contributed by atoms with Gasteiger partial charge >= 0.3 is 0 Å². The summed E-state index contributed by atoms with van der Waals surface area (Å²) in [6, 6.07) is 2.54. The number of halogens is 2. The highest BCUT2D eigenvalue weighted by Gasteiger charge is 2.26. The third-order valence-electron chi connectivity index (χ3n) is 3.47. The zero-order chi connectivity index (χ0) is 15.6. The van der Waals surface area contributed by atoms with Crippen molar-refractivity contribution in [3.8, 4) is 0 Å². The van der Waals surface area contributed by atoms with Gasteiger partial charge in [0.05, 0.1) is 15.6 Å². The van der Waals surface area contributed by atoms with Crippen LogP contribution in [0.3, 0.4) is 0 Å². The summed E-state index contributed by atoms with van der Waals surface area (Å²) in [5.74, 6) is -0.350. The van der Waals surface area contributed by atoms with E-state index in [0.717, 1.165) is 25.7 Å². The van der Waals surface area contributed by atoms with Crippen LogP contribution in [0.5, 0.6) is 0 Å². The number of likely N-dealkylation sites (tertiary alicyclic amines) is 1. The zero-order valence-electron chi connectivity index (χ0n) is 11.3. The van der Waals surface area contributed by atoms with Crippen LogP contribution in [0.1, 0.15) is 36.0 Å². The Labute approximate surface area is 134 Å². The maximum atomic E-state index is 12.6. The third-order valence-corrected chi connectivity index (χ3v) is 5.24. The molecule has 0 radical (unpaired) electrons. The van der Waals surface area contributed by atoms with Crippen molar-refractivity contribution in [2.45, 2.75) is 30.6 Å². The van der Waals surface area contributed by atoms with Crippen molar-refractivity contribution in [3.63, 3.8) is 0 Å². The summed E-state index contributed by atoms with van der Waals surface area (Å²) in [5.41, 5.74) is 0.00626. The average molecular weight is 351 g/mol. The number of hydrogen-bond acceptors (Lipinski definition) is 3. The molecule has 21 heavy (non-hydrogen) atoms. The van der Waals surface area contributed by atoms with Crippen molar-refractivity contribution in [1.82, 2.24) is 4.90 Å². The molecule has 1 aliphatic heterocycles. The van der Waals surface area contributed by atoms with Crippen molar-refractivity contribution in [3.05, 3.63) is 27.7 Å². The molecule has 2 rings (SSSR count). The van der Waals surface area contributed by atoms with Gasteiger partial charge in [0.25, 0.3) is 5.91 Å². The van der Waals surface area contributed by atoms with Crippen LogP contribution >= 0.6 is 23.2 Å². The van der Waals surface area contributed by atoms with Gasteiger partial charge < -0.3 is 4.90 Å². The molecule has 1 fully saturated rings. The van der Waals surface area contributed by atoms with Crippen LogP contribution in [0.15, 0.2) is 17.0 Å². The second-order valence-corrected chi connectivity index (χ2v) is 7.30. The van der Waals surface area contributed by atoms with Gasteiger partial charge in [0.1, 0.15) is 4.90 Å². The molecule has 1 heterocycles. The Morgan fingerprint density at radius 3 is 2.19 bits per heavy atom. The molecule has 0 aliphatic carbocycles. The summed E-state index contributed by atoms with van der Waals surface area (Å²) < 4.78 is 23.0. The van der Waals surface area contributed by atoms with Gasteiger partial charge in [-0.3, -0.25) is 4.79 Å². The molecule has 0 bridgehead atoms. The first-order chi connectivity index (χ1) is 9.82. The first-order valence-corrected chi connectivity index (χ1v) is 8.92. The van der Waals surface area contributed by atoms with Gasteiger partial charge in [0.2, 0.25) is 10.0 Å². The monoisotopic (exact) mass is 350 g/mol. The van der Waals surface area contributed by atoms with Gasteiger partial charge in [-0.25, -0.2) is 13.6 Å². The van der Waals surface area contributed by atoms with Gasteiger partial charge in [0.15, 0.2) is 0 Å². The smallest absolute Gasteiger partial charge is 0.256 e. The predicted octanol–water partition coefficient (Wildman–Crippen LogP) is 2.66. The number of rotatable bonds is 2. The van der Waals surface area contributed by atoms with E-state index in [1.54, 1.807) is 4.90 Å². The largest absolute Gasteiger partial charge is 0.339 e. The normalized spacial score (nSPS) is 16.6. The minimum atomic E-state index is -4.01. The van der Waals surface area contributed by atoms with E-state index in [0.29, 0.717) is 13.1 Å². The van der Waals surface area contributed by atoms with Crippen molar-refractivity contribution in [1.29, 1.82) is 0 Å². The van der Waals surface area contributed by atoms with Crippen LogP contribution in [0.4, 0.5) is 0 Å². The number of carbonyl (C=O) groups is 1. The minimum Gasteiger partial charge on any atom is -0.339 e. The van der Waals surface area contributed by atoms with E-state index in [1.807, 2.05) is 0 Å². The van der Waals surface area contributed by atoms with Crippen molar-refractivity contribution in [2.24, 2.45) is 5.14 Å². The molecule has 8 heteroatoms. The number of hydrogen-bond donors (Lipinski definition) is 1. The lowest BCUT2D eigenvalue weighted by Crippen LogP contribution is -2.32. The topological polar surface area (TPSA) is 80.5 Å². The van der Waals surface area contributed by atoms with Crippen LogP contribution in [0.2, 0.25) is 10.0 Å². The van der Waals surface area contributed by atoms with E-state index >= 15 is 0 Å². The Kier molecular flexibility index (Phi) is 5.14. The van der Waals surface area contributed by atoms with Gasteiger partial charge in [-0.1, -0.05) is 36.0 Å². The predicted molar refractivity (Wildman–Crippen MR) is 82.2 cm³/mol. The van der Waals surface area contributed by atoms with Crippen LogP contribution < -0.4 is 5.14 Å². The summed E-state index contributed by atoms with van der Waals surface area (Å²) in [6.07, 6.45) is 3.97. The molecular formula is C13H16Cl2N2O3S. The molecule has 2 N–H and O–H groups in total. The molecule has 116 valence electrons. The molecule has 0 saturated carbocycles. The molecular weight excluding hydrogens is 335 g/mol. The van der Waals surface area contributed by atoms with Crippen molar-refractivity contribution < 1.29 is 13.2 Å². The van der Waals surface area contributed by atoms with Gasteiger partial charge in [-0.15, -0.1) is 0 Å². The van der Waals surface area contributed by atoms with Crippen molar-refractivity contribution >= 4 is 39.1 Å². The fourth-order valence-electron chi connectivity index (χ4n) is 2.38. The zero-order valence-corrected chi connectivity index (χ0v) is 13.6. The van der Waals surface area contributed by atoms with E-state index < -0.39 is 10.0 Å². The lowest BCUT2D eigenvalue weighted by atomic mass is 10.2. The second-order valence-electron chi connectivity index (χ2n) is 4.99. The Morgan fingerprint density at radius 2 is 1.67 bits per heavy atom. The summed E-state index contributed by atoms with van der Waals surface area (Å²) in [4.78, 5) is 14.0. The van der Waals surface area contributed by atoms with Crippen LogP contribution in [0, 0.1) is 0 Å². The molecule has 0 spiro atoms. The first kappa shape index (κ1) is 16.5. The van der Waals surface area contributed by atoms with Gasteiger partial charge in [-0.2, -0.15) is 0 Å². The lowest BCUT2D eigenvalue weighted by Gasteiger charge is -2.22. The Bertz CT molecular complexity index is 654. The SMILES string of the molecule is NS(=O)(=O)c1ccc(Cl)c(C(=O)N2CCCCCC2)c1Cl. The molecule has 0 atom stereocenters. The van der Waals surface area contributed by atoms with E-state index in [2.05, 4.69) is 0 Å². The number of primary sulfonamides is 1. The van der Waals surface area contributed by atoms with Crippen LogP contribution in [-0.2, 0) is 10.0 Å². The summed E-state index contributed by atoms with van der Waals surface area (Å²) in [7, 11) is -4.01. The number of benzene rings is 1. The summed E-state index contributed by atoms with van der Waals surface area (Å²) in [6.45, 7) is 1.23. The highest BCUT2D eigenvalue weighted by molar-refractivity contribution is 7.89. The molecule has 0 aromatic heterocycles. The Hall–Kier alpha value is -0.820. The number of nitrogens with zero attached hydrogens (tertiary/aromatic N) is 1. The van der Waals surface area contributed by atoms with Crippen molar-refractivity contribution in [2.75, 3.05) is 13.1 Å². The number of carbonyl (C=O) groups excluding carboxylic acids is 1. The molecule has 1 amide bonds. The molecule has 1 aromatic rings. The van der Waals surface area contributed by atoms with E-state index in [9.17, 15) is 13.2 Å². The third kappa shape index (κ3) is 3.69. The number of sulfonamides is 1. The van der Waals surface area contributed by atoms with E-state index in [4.69, 9.17) is 28.3 Å². The van der Waals surface area contributed by atoms with Crippen LogP contribution in [-0.4, -0.2) is 32.3 Å². The minimum absolute atomic E-state index is 0.00626. The Balaban J connectivity index is 2.45. The summed E-state index contributed by atoms with van der Waals surface area (Å²) >= 11 is 12.1. The van der Waals surface area contributed by atoms with Gasteiger partial charge in [0, 0.05) is 13.1 Å². The second kappa shape index (κ2) is 6.52. The fourth-order valence-corrected chi connectivity index (χ4v) is 3.85. The average Bonchev–Trinajstić information content (AvgIpc) is 2.65. The fraction of sp³-hybridized carbons (Fsp3) is 0.462. The molecule has 1 aromatic carbocycles. The van der Waals surface area contributed by atoms with E-state index in [1.165, 1.54) is 12.1 Å². The Morgan fingerprint density at radius 1 is 1.10 bits per heavy atom. The molecule has 0 unspecified atom stereocenters. The molecule has 1 aliphatic rings. The van der Waals surface area contributed by atoms with E-state index in [-0.39, 0.29) is 26.4 Å². The lowest BCUT2D eigenvalue weighted by molar-refractivity contribution is 0.0762. The highest BCUT2D eigenvalue weighted by atomic mass is 35.5. The maximum Gasteiger partial charge on any atom is 0.256 e. The molecule has 1 saturated heterocycles. The van der Waals surface area contributed by atoms with Gasteiger partial charge in [-0.05, 0) is 25.0 Å². The summed E-state index contributed by atoms with van der Waals surface area (Å²) in [5, 5.41) is 5.02. The molecule has 5 nitrogen and oxygen atoms in total. The highest BCUT2D eigenvalue weighted by Crippen LogP contribution is 2.32. The maximum absolute atomic E-state index is 12.6. The number of nitrogens with two attached hydrogens (primary N) is 1. The standard InChI is InChI=1S/C13H16Cl2N2O3S/c14-9-5-6-10(21(16,19)20)12(15)11(9)13(18)17-7-3-1-2-4-8-17/h5-6H,1-4,7-8H2,(H2,16,19,20).